The molecule has 3 rings (SSSR count). The van der Waals surface area contributed by atoms with Crippen molar-refractivity contribution in [2.75, 3.05) is 13.2 Å². The van der Waals surface area contributed by atoms with Gasteiger partial charge in [0.2, 0.25) is 0 Å². The van der Waals surface area contributed by atoms with Crippen LogP contribution in [-0.4, -0.2) is 31.3 Å². The highest BCUT2D eigenvalue weighted by Crippen LogP contribution is 2.30. The number of hydrogen-bond acceptors (Lipinski definition) is 3. The van der Waals surface area contributed by atoms with Crippen LogP contribution in [0.2, 0.25) is 0 Å². The van der Waals surface area contributed by atoms with Crippen LogP contribution in [0.3, 0.4) is 0 Å². The lowest BCUT2D eigenvalue weighted by Crippen LogP contribution is -2.46. The Kier molecular flexibility index (Phi) is 3.95. The number of nitrogens with one attached hydrogen (secondary N) is 2. The Labute approximate surface area is 118 Å². The lowest BCUT2D eigenvalue weighted by atomic mass is 10.2. The van der Waals surface area contributed by atoms with E-state index in [9.17, 15) is 4.79 Å². The first kappa shape index (κ1) is 13.1. The van der Waals surface area contributed by atoms with Crippen LogP contribution < -0.4 is 20.1 Å². The van der Waals surface area contributed by atoms with E-state index in [0.717, 1.165) is 24.3 Å². The Bertz CT molecular complexity index is 472. The van der Waals surface area contributed by atoms with E-state index in [-0.39, 0.29) is 12.1 Å². The third-order valence-corrected chi connectivity index (χ3v) is 3.75. The second kappa shape index (κ2) is 6.03. The monoisotopic (exact) mass is 276 g/mol. The number of fused-ring (bicyclic) bond motifs is 1. The van der Waals surface area contributed by atoms with E-state index in [1.807, 2.05) is 24.3 Å². The van der Waals surface area contributed by atoms with Crippen LogP contribution in [0.15, 0.2) is 24.3 Å². The molecule has 1 aromatic carbocycles. The minimum Gasteiger partial charge on any atom is -0.486 e. The fourth-order valence-corrected chi connectivity index (χ4v) is 2.68. The van der Waals surface area contributed by atoms with Gasteiger partial charge < -0.3 is 20.1 Å². The summed E-state index contributed by atoms with van der Waals surface area (Å²) in [5.41, 5.74) is 0. The summed E-state index contributed by atoms with van der Waals surface area (Å²) in [6.45, 7) is 0.910. The fraction of sp³-hybridized carbons (Fsp3) is 0.533. The number of hydrogen-bond donors (Lipinski definition) is 2. The van der Waals surface area contributed by atoms with Crippen molar-refractivity contribution in [3.8, 4) is 11.5 Å². The smallest absolute Gasteiger partial charge is 0.315 e. The van der Waals surface area contributed by atoms with Gasteiger partial charge in [-0.05, 0) is 25.0 Å². The first-order valence-electron chi connectivity index (χ1n) is 7.24. The molecule has 2 N–H and O–H groups in total. The number of amides is 2. The van der Waals surface area contributed by atoms with Gasteiger partial charge >= 0.3 is 6.03 Å². The first-order valence-corrected chi connectivity index (χ1v) is 7.24. The third kappa shape index (κ3) is 3.15. The van der Waals surface area contributed by atoms with Gasteiger partial charge in [0.25, 0.3) is 0 Å². The minimum atomic E-state index is -0.140. The first-order chi connectivity index (χ1) is 9.81. The molecular formula is C15H20N2O3. The Hall–Kier alpha value is -1.91. The van der Waals surface area contributed by atoms with Gasteiger partial charge in [0, 0.05) is 6.04 Å². The van der Waals surface area contributed by atoms with Crippen molar-refractivity contribution in [3.05, 3.63) is 24.3 Å². The average molecular weight is 276 g/mol. The maximum Gasteiger partial charge on any atom is 0.315 e. The van der Waals surface area contributed by atoms with Gasteiger partial charge in [0.15, 0.2) is 17.6 Å². The molecule has 0 spiro atoms. The largest absolute Gasteiger partial charge is 0.486 e. The van der Waals surface area contributed by atoms with Gasteiger partial charge in [-0.1, -0.05) is 25.0 Å². The molecule has 5 heteroatoms. The quantitative estimate of drug-likeness (QED) is 0.888. The van der Waals surface area contributed by atoms with E-state index >= 15 is 0 Å². The summed E-state index contributed by atoms with van der Waals surface area (Å²) in [4.78, 5) is 11.8. The molecule has 1 fully saturated rings. The number of urea groups is 1. The molecule has 2 aliphatic rings. The van der Waals surface area contributed by atoms with Crippen molar-refractivity contribution < 1.29 is 14.3 Å². The number of benzene rings is 1. The van der Waals surface area contributed by atoms with Crippen molar-refractivity contribution in [2.24, 2.45) is 0 Å². The summed E-state index contributed by atoms with van der Waals surface area (Å²) >= 11 is 0. The Morgan fingerprint density at radius 1 is 1.20 bits per heavy atom. The summed E-state index contributed by atoms with van der Waals surface area (Å²) in [6, 6.07) is 7.80. The van der Waals surface area contributed by atoms with Crippen LogP contribution in [0.4, 0.5) is 4.79 Å². The Balaban J connectivity index is 1.44. The molecule has 1 saturated carbocycles. The van der Waals surface area contributed by atoms with E-state index in [1.165, 1.54) is 12.8 Å². The van der Waals surface area contributed by atoms with Gasteiger partial charge in [-0.25, -0.2) is 4.79 Å². The maximum absolute atomic E-state index is 11.8. The SMILES string of the molecule is O=C(NCC1COc2ccccc2O1)NC1CCCC1. The van der Waals surface area contributed by atoms with Gasteiger partial charge in [-0.15, -0.1) is 0 Å². The maximum atomic E-state index is 11.8. The van der Waals surface area contributed by atoms with Crippen molar-refractivity contribution in [3.63, 3.8) is 0 Å². The number of rotatable bonds is 3. The zero-order chi connectivity index (χ0) is 13.8. The third-order valence-electron chi connectivity index (χ3n) is 3.75. The molecule has 2 amide bonds. The highest BCUT2D eigenvalue weighted by molar-refractivity contribution is 5.74. The normalized spacial score (nSPS) is 21.5. The van der Waals surface area contributed by atoms with Crippen LogP contribution in [0, 0.1) is 0 Å². The predicted octanol–water partition coefficient (Wildman–Crippen LogP) is 2.07. The zero-order valence-electron chi connectivity index (χ0n) is 11.4. The molecule has 0 saturated heterocycles. The molecule has 5 nitrogen and oxygen atoms in total. The number of carbonyl (C=O) groups is 1. The van der Waals surface area contributed by atoms with Crippen LogP contribution in [0.5, 0.6) is 11.5 Å². The Morgan fingerprint density at radius 2 is 1.95 bits per heavy atom. The number of para-hydroxylation sites is 2. The van der Waals surface area contributed by atoms with Gasteiger partial charge in [-0.3, -0.25) is 0 Å². The van der Waals surface area contributed by atoms with E-state index < -0.39 is 0 Å². The highest BCUT2D eigenvalue weighted by atomic mass is 16.6. The molecular weight excluding hydrogens is 256 g/mol. The second-order valence-corrected chi connectivity index (χ2v) is 5.33. The molecule has 0 bridgehead atoms. The summed E-state index contributed by atoms with van der Waals surface area (Å²) < 4.78 is 11.4. The Morgan fingerprint density at radius 3 is 2.75 bits per heavy atom. The molecule has 1 atom stereocenters. The molecule has 1 aromatic rings. The van der Waals surface area contributed by atoms with Crippen molar-refractivity contribution >= 4 is 6.03 Å². The van der Waals surface area contributed by atoms with Crippen molar-refractivity contribution in [1.82, 2.24) is 10.6 Å². The van der Waals surface area contributed by atoms with Crippen LogP contribution in [0.1, 0.15) is 25.7 Å². The van der Waals surface area contributed by atoms with Crippen LogP contribution in [-0.2, 0) is 0 Å². The van der Waals surface area contributed by atoms with E-state index in [1.54, 1.807) is 0 Å². The molecule has 0 radical (unpaired) electrons. The fourth-order valence-electron chi connectivity index (χ4n) is 2.68. The summed E-state index contributed by atoms with van der Waals surface area (Å²) in [7, 11) is 0. The lowest BCUT2D eigenvalue weighted by molar-refractivity contribution is 0.0917. The van der Waals surface area contributed by atoms with E-state index in [4.69, 9.17) is 9.47 Å². The van der Waals surface area contributed by atoms with Crippen molar-refractivity contribution in [1.29, 1.82) is 0 Å². The standard InChI is InChI=1S/C15H20N2O3/c18-15(17-11-5-1-2-6-11)16-9-12-10-19-13-7-3-4-8-14(13)20-12/h3-4,7-8,11-12H,1-2,5-6,9-10H2,(H2,16,17,18). The van der Waals surface area contributed by atoms with E-state index in [2.05, 4.69) is 10.6 Å². The minimum absolute atomic E-state index is 0.112. The summed E-state index contributed by atoms with van der Waals surface area (Å²) in [5.74, 6) is 1.50. The number of ether oxygens (including phenoxy) is 2. The molecule has 1 aliphatic carbocycles. The highest BCUT2D eigenvalue weighted by Gasteiger charge is 2.22. The van der Waals surface area contributed by atoms with Crippen molar-refractivity contribution in [2.45, 2.75) is 37.8 Å². The zero-order valence-corrected chi connectivity index (χ0v) is 11.4. The van der Waals surface area contributed by atoms with Gasteiger partial charge in [0.1, 0.15) is 6.61 Å². The molecule has 20 heavy (non-hydrogen) atoms. The molecule has 0 aromatic heterocycles. The molecule has 1 heterocycles. The van der Waals surface area contributed by atoms with Crippen LogP contribution >= 0.6 is 0 Å². The average Bonchev–Trinajstić information content (AvgIpc) is 2.98. The lowest BCUT2D eigenvalue weighted by Gasteiger charge is -2.26. The number of carbonyl (C=O) groups excluding carboxylic acids is 1. The molecule has 1 unspecified atom stereocenters. The topological polar surface area (TPSA) is 59.6 Å². The molecule has 108 valence electrons. The second-order valence-electron chi connectivity index (χ2n) is 5.33. The van der Waals surface area contributed by atoms with Gasteiger partial charge in [0.05, 0.1) is 6.54 Å². The summed E-state index contributed by atoms with van der Waals surface area (Å²) in [5, 5.41) is 5.85. The van der Waals surface area contributed by atoms with Gasteiger partial charge in [-0.2, -0.15) is 0 Å². The van der Waals surface area contributed by atoms with E-state index in [0.29, 0.717) is 19.2 Å². The predicted molar refractivity (Wildman–Crippen MR) is 75.1 cm³/mol. The van der Waals surface area contributed by atoms with Crippen LogP contribution in [0.25, 0.3) is 0 Å². The molecule has 1 aliphatic heterocycles. The summed E-state index contributed by atoms with van der Waals surface area (Å²) in [6.07, 6.45) is 4.45.